The minimum Gasteiger partial charge on any atom is -0.372 e. The molecule has 0 saturated carbocycles. The molecule has 0 bridgehead atoms. The molecule has 0 aliphatic rings. The summed E-state index contributed by atoms with van der Waals surface area (Å²) >= 11 is 0. The average molecular weight is 362 g/mol. The van der Waals surface area contributed by atoms with Crippen molar-refractivity contribution >= 4 is 0 Å². The molecule has 0 radical (unpaired) electrons. The number of ether oxygens (including phenoxy) is 2. The highest BCUT2D eigenvalue weighted by atomic mass is 16.7. The average Bonchev–Trinajstić information content (AvgIpc) is 2.72. The Hall–Kier alpha value is -2.98. The van der Waals surface area contributed by atoms with Crippen LogP contribution in [0.15, 0.2) is 54.6 Å². The van der Waals surface area contributed by atoms with Gasteiger partial charge in [0.25, 0.3) is 12.5 Å². The number of hydrogen-bond donors (Lipinski definition) is 0. The van der Waals surface area contributed by atoms with Crippen molar-refractivity contribution in [3.05, 3.63) is 71.3 Å². The van der Waals surface area contributed by atoms with Gasteiger partial charge in [-0.1, -0.05) is 94.1 Å². The van der Waals surface area contributed by atoms with Crippen LogP contribution < -0.4 is 0 Å². The molecule has 0 fully saturated rings. The van der Waals surface area contributed by atoms with E-state index in [1.807, 2.05) is 42.5 Å². The maximum atomic E-state index is 9.32. The molecule has 0 aliphatic carbocycles. The van der Waals surface area contributed by atoms with Crippen LogP contribution in [-0.4, -0.2) is 0 Å². The molecule has 0 heterocycles. The molecule has 140 valence electrons. The van der Waals surface area contributed by atoms with Crippen molar-refractivity contribution in [3.63, 3.8) is 0 Å². The predicted molar refractivity (Wildman–Crippen MR) is 104 cm³/mol. The summed E-state index contributed by atoms with van der Waals surface area (Å²) in [5.74, 6) is -1.03. The lowest BCUT2D eigenvalue weighted by atomic mass is 9.86. The van der Waals surface area contributed by atoms with Crippen molar-refractivity contribution in [2.24, 2.45) is 5.92 Å². The second-order valence-corrected chi connectivity index (χ2v) is 6.65. The summed E-state index contributed by atoms with van der Waals surface area (Å²) in [4.78, 5) is 0. The fraction of sp³-hybridized carbons (Fsp3) is 0.391. The second kappa shape index (κ2) is 10.2. The third-order valence-electron chi connectivity index (χ3n) is 4.96. The van der Waals surface area contributed by atoms with Crippen LogP contribution in [0.5, 0.6) is 0 Å². The molecule has 4 nitrogen and oxygen atoms in total. The van der Waals surface area contributed by atoms with E-state index in [2.05, 4.69) is 13.8 Å². The highest BCUT2D eigenvalue weighted by Gasteiger charge is 2.42. The predicted octanol–water partition coefficient (Wildman–Crippen LogP) is 5.64. The smallest absolute Gasteiger partial charge is 0.328 e. The van der Waals surface area contributed by atoms with Gasteiger partial charge in [-0.15, -0.1) is 0 Å². The van der Waals surface area contributed by atoms with E-state index in [0.29, 0.717) is 17.0 Å². The van der Waals surface area contributed by atoms with Gasteiger partial charge in [-0.3, -0.25) is 0 Å². The first kappa shape index (κ1) is 20.3. The van der Waals surface area contributed by atoms with E-state index in [9.17, 15) is 10.5 Å². The van der Waals surface area contributed by atoms with E-state index < -0.39 is 5.79 Å². The van der Waals surface area contributed by atoms with Gasteiger partial charge >= 0.3 is 5.79 Å². The summed E-state index contributed by atoms with van der Waals surface area (Å²) in [5, 5.41) is 18.6. The van der Waals surface area contributed by atoms with Crippen LogP contribution in [0.1, 0.15) is 56.2 Å². The summed E-state index contributed by atoms with van der Waals surface area (Å²) in [5.41, 5.74) is 2.35. The van der Waals surface area contributed by atoms with Gasteiger partial charge in [-0.05, 0) is 17.9 Å². The highest BCUT2D eigenvalue weighted by molar-refractivity contribution is 5.40. The van der Waals surface area contributed by atoms with Gasteiger partial charge < -0.3 is 9.47 Å². The Morgan fingerprint density at radius 1 is 0.926 bits per heavy atom. The molecule has 0 saturated heterocycles. The lowest BCUT2D eigenvalue weighted by molar-refractivity contribution is -0.132. The lowest BCUT2D eigenvalue weighted by Crippen LogP contribution is -2.33. The highest BCUT2D eigenvalue weighted by Crippen LogP contribution is 2.38. The first-order valence-corrected chi connectivity index (χ1v) is 9.49. The number of hydrogen-bond acceptors (Lipinski definition) is 4. The molecule has 2 aromatic carbocycles. The molecule has 1 atom stereocenters. The van der Waals surface area contributed by atoms with Crippen molar-refractivity contribution in [2.45, 2.75) is 51.7 Å². The van der Waals surface area contributed by atoms with Gasteiger partial charge in [0.05, 0.1) is 0 Å². The summed E-state index contributed by atoms with van der Waals surface area (Å²) < 4.78 is 10.9. The van der Waals surface area contributed by atoms with Crippen molar-refractivity contribution in [3.8, 4) is 12.5 Å². The molecule has 2 rings (SSSR count). The minimum absolute atomic E-state index is 0.531. The second-order valence-electron chi connectivity index (χ2n) is 6.65. The molecular formula is C23H26N2O2. The van der Waals surface area contributed by atoms with Gasteiger partial charge in [-0.2, -0.15) is 10.5 Å². The van der Waals surface area contributed by atoms with Crippen LogP contribution in [0, 0.1) is 29.0 Å². The zero-order valence-corrected chi connectivity index (χ0v) is 16.0. The van der Waals surface area contributed by atoms with E-state index in [4.69, 9.17) is 9.47 Å². The Labute approximate surface area is 162 Å². The van der Waals surface area contributed by atoms with Crippen molar-refractivity contribution < 1.29 is 9.47 Å². The number of benzene rings is 2. The van der Waals surface area contributed by atoms with Crippen LogP contribution in [-0.2, 0) is 21.7 Å². The first-order chi connectivity index (χ1) is 13.2. The Morgan fingerprint density at radius 2 is 1.56 bits per heavy atom. The maximum Gasteiger partial charge on any atom is 0.328 e. The van der Waals surface area contributed by atoms with Crippen LogP contribution in [0.4, 0.5) is 0 Å². The van der Waals surface area contributed by atoms with E-state index in [-0.39, 0.29) is 0 Å². The Balaban J connectivity index is 2.54. The number of nitriles is 2. The molecule has 0 N–H and O–H groups in total. The van der Waals surface area contributed by atoms with E-state index >= 15 is 0 Å². The third-order valence-corrected chi connectivity index (χ3v) is 4.96. The van der Waals surface area contributed by atoms with Crippen LogP contribution >= 0.6 is 0 Å². The molecule has 4 heteroatoms. The van der Waals surface area contributed by atoms with Crippen molar-refractivity contribution in [2.75, 3.05) is 0 Å². The van der Waals surface area contributed by atoms with Crippen LogP contribution in [0.3, 0.4) is 0 Å². The van der Waals surface area contributed by atoms with Crippen LogP contribution in [0.25, 0.3) is 0 Å². The molecule has 0 amide bonds. The first-order valence-electron chi connectivity index (χ1n) is 9.49. The maximum absolute atomic E-state index is 9.32. The molecule has 0 aromatic heterocycles. The summed E-state index contributed by atoms with van der Waals surface area (Å²) in [7, 11) is 0. The summed E-state index contributed by atoms with van der Waals surface area (Å²) in [6.45, 7) is 4.40. The zero-order valence-electron chi connectivity index (χ0n) is 16.0. The monoisotopic (exact) mass is 362 g/mol. The van der Waals surface area contributed by atoms with Gasteiger partial charge in [-0.25, -0.2) is 0 Å². The molecule has 2 aromatic rings. The van der Waals surface area contributed by atoms with Gasteiger partial charge in [0.2, 0.25) is 0 Å². The SMILES string of the molecule is CCCCC(CC)Cc1ccccc1C(OC#N)(OC#N)c1ccccc1. The topological polar surface area (TPSA) is 66.0 Å². The summed E-state index contributed by atoms with van der Waals surface area (Å²) in [6.07, 6.45) is 8.92. The van der Waals surface area contributed by atoms with Gasteiger partial charge in [0, 0.05) is 11.1 Å². The molecular weight excluding hydrogens is 336 g/mol. The zero-order chi connectivity index (χ0) is 19.5. The van der Waals surface area contributed by atoms with Crippen molar-refractivity contribution in [1.82, 2.24) is 0 Å². The number of nitrogens with zero attached hydrogens (tertiary/aromatic N) is 2. The fourth-order valence-corrected chi connectivity index (χ4v) is 3.46. The fourth-order valence-electron chi connectivity index (χ4n) is 3.46. The largest absolute Gasteiger partial charge is 0.372 e. The molecule has 0 aliphatic heterocycles. The van der Waals surface area contributed by atoms with E-state index in [0.717, 1.165) is 24.8 Å². The summed E-state index contributed by atoms with van der Waals surface area (Å²) in [6, 6.07) is 16.9. The Kier molecular flexibility index (Phi) is 7.71. The van der Waals surface area contributed by atoms with Crippen molar-refractivity contribution in [1.29, 1.82) is 10.5 Å². The minimum atomic E-state index is -1.57. The third kappa shape index (κ3) is 4.80. The van der Waals surface area contributed by atoms with Gasteiger partial charge in [0.1, 0.15) is 0 Å². The van der Waals surface area contributed by atoms with E-state index in [1.165, 1.54) is 12.8 Å². The molecule has 0 spiro atoms. The Bertz CT molecular complexity index is 774. The lowest BCUT2D eigenvalue weighted by Gasteiger charge is -2.30. The molecule has 27 heavy (non-hydrogen) atoms. The standard InChI is InChI=1S/C23H26N2O2/c1-3-5-11-19(4-2)16-20-12-9-10-15-22(20)23(26-17-24,27-18-25)21-13-7-6-8-14-21/h6-10,12-15,19H,3-5,11,16H2,1-2H3. The Morgan fingerprint density at radius 3 is 2.15 bits per heavy atom. The van der Waals surface area contributed by atoms with E-state index in [1.54, 1.807) is 24.6 Å². The normalized spacial score (nSPS) is 11.9. The van der Waals surface area contributed by atoms with Crippen LogP contribution in [0.2, 0.25) is 0 Å². The molecule has 1 unspecified atom stereocenters. The number of rotatable bonds is 10. The van der Waals surface area contributed by atoms with Gasteiger partial charge in [0.15, 0.2) is 0 Å². The quantitative estimate of drug-likeness (QED) is 0.405. The number of unbranched alkanes of at least 4 members (excludes halogenated alkanes) is 1.